The van der Waals surface area contributed by atoms with Gasteiger partial charge in [0.15, 0.2) is 12.4 Å². The number of amides is 1. The largest absolute Gasteiger partial charge is 0.481 e. The molecule has 3 aromatic rings. The summed E-state index contributed by atoms with van der Waals surface area (Å²) in [6.45, 7) is 1.09. The molecule has 0 aromatic heterocycles. The minimum absolute atomic E-state index is 0.0294. The highest BCUT2D eigenvalue weighted by atomic mass is 32.2. The topological polar surface area (TPSA) is 110 Å². The molecule has 7 nitrogen and oxygen atoms in total. The fraction of sp³-hybridized carbons (Fsp3) is 0.259. The predicted octanol–water partition coefficient (Wildman–Crippen LogP) is 3.88. The Bertz CT molecular complexity index is 1190. The van der Waals surface area contributed by atoms with E-state index in [2.05, 4.69) is 5.32 Å². The summed E-state index contributed by atoms with van der Waals surface area (Å²) in [4.78, 5) is 49.9. The zero-order valence-electron chi connectivity index (χ0n) is 19.3. The van der Waals surface area contributed by atoms with Crippen LogP contribution in [0.4, 0.5) is 0 Å². The molecular weight excluding hydrogens is 466 g/mol. The van der Waals surface area contributed by atoms with E-state index in [1.165, 1.54) is 11.8 Å². The zero-order chi connectivity index (χ0) is 25.2. The molecule has 0 aliphatic heterocycles. The van der Waals surface area contributed by atoms with Crippen molar-refractivity contribution in [1.29, 1.82) is 0 Å². The number of carbonyl (C=O) groups excluding carboxylic acids is 3. The van der Waals surface area contributed by atoms with Gasteiger partial charge in [-0.3, -0.25) is 19.2 Å². The predicted molar refractivity (Wildman–Crippen MR) is 134 cm³/mol. The van der Waals surface area contributed by atoms with E-state index in [0.29, 0.717) is 5.75 Å². The molecule has 2 unspecified atom stereocenters. The van der Waals surface area contributed by atoms with Crippen LogP contribution >= 0.6 is 11.8 Å². The third kappa shape index (κ3) is 7.96. The molecule has 0 saturated heterocycles. The molecule has 0 radical (unpaired) electrons. The molecule has 0 bridgehead atoms. The number of carboxylic acids is 1. The van der Waals surface area contributed by atoms with Gasteiger partial charge in [-0.05, 0) is 28.5 Å². The van der Waals surface area contributed by atoms with Crippen LogP contribution in [0.15, 0.2) is 77.7 Å². The lowest BCUT2D eigenvalue weighted by molar-refractivity contribution is -0.148. The van der Waals surface area contributed by atoms with Gasteiger partial charge in [0.05, 0.1) is 12.8 Å². The fourth-order valence-electron chi connectivity index (χ4n) is 3.45. The van der Waals surface area contributed by atoms with Crippen molar-refractivity contribution in [2.45, 2.75) is 30.7 Å². The Morgan fingerprint density at radius 1 is 0.943 bits per heavy atom. The average molecular weight is 494 g/mol. The molecule has 3 rings (SSSR count). The first-order chi connectivity index (χ1) is 16.8. The molecule has 3 aromatic carbocycles. The summed E-state index contributed by atoms with van der Waals surface area (Å²) in [5.41, 5.74) is 0.765. The van der Waals surface area contributed by atoms with Gasteiger partial charge in [-0.2, -0.15) is 0 Å². The molecule has 0 saturated carbocycles. The summed E-state index contributed by atoms with van der Waals surface area (Å²) in [5.74, 6) is -2.95. The van der Waals surface area contributed by atoms with E-state index in [1.54, 1.807) is 6.92 Å². The van der Waals surface area contributed by atoms with Crippen molar-refractivity contribution in [2.75, 3.05) is 12.4 Å². The monoisotopic (exact) mass is 493 g/mol. The minimum Gasteiger partial charge on any atom is -0.481 e. The number of fused-ring (bicyclic) bond motifs is 1. The van der Waals surface area contributed by atoms with E-state index in [0.717, 1.165) is 21.2 Å². The molecule has 1 amide bonds. The molecule has 0 aliphatic carbocycles. The normalized spacial score (nSPS) is 12.5. The number of hydrogen-bond donors (Lipinski definition) is 2. The van der Waals surface area contributed by atoms with Crippen molar-refractivity contribution in [3.63, 3.8) is 0 Å². The Morgan fingerprint density at radius 2 is 1.63 bits per heavy atom. The van der Waals surface area contributed by atoms with Gasteiger partial charge in [-0.15, -0.1) is 11.8 Å². The number of carbonyl (C=O) groups is 4. The first-order valence-electron chi connectivity index (χ1n) is 11.2. The van der Waals surface area contributed by atoms with Crippen molar-refractivity contribution >= 4 is 46.2 Å². The summed E-state index contributed by atoms with van der Waals surface area (Å²) >= 11 is 1.49. The number of aliphatic carboxylic acids is 1. The highest BCUT2D eigenvalue weighted by Crippen LogP contribution is 2.21. The van der Waals surface area contributed by atoms with Gasteiger partial charge in [-0.1, -0.05) is 67.6 Å². The summed E-state index contributed by atoms with van der Waals surface area (Å²) in [6.07, 6.45) is -0.623. The number of carboxylic acid groups (broad SMARTS) is 1. The lowest BCUT2D eigenvalue weighted by Crippen LogP contribution is -2.46. The van der Waals surface area contributed by atoms with Crippen LogP contribution in [0.1, 0.15) is 18.9 Å². The Hall–Kier alpha value is -3.65. The molecule has 8 heteroatoms. The number of Topliss-reactive ketones (excluding diaryl/α,β-unsaturated/α-hetero) is 1. The molecule has 0 fully saturated rings. The smallest absolute Gasteiger partial charge is 0.310 e. The first kappa shape index (κ1) is 26.0. The lowest BCUT2D eigenvalue weighted by atomic mass is 10.0. The quantitative estimate of drug-likeness (QED) is 0.291. The van der Waals surface area contributed by atoms with E-state index < -0.39 is 48.6 Å². The Kier molecular flexibility index (Phi) is 9.43. The number of esters is 1. The first-order valence-corrected chi connectivity index (χ1v) is 12.2. The van der Waals surface area contributed by atoms with Gasteiger partial charge in [0.2, 0.25) is 5.91 Å². The van der Waals surface area contributed by atoms with Crippen LogP contribution < -0.4 is 5.32 Å². The van der Waals surface area contributed by atoms with Crippen molar-refractivity contribution in [1.82, 2.24) is 5.32 Å². The maximum Gasteiger partial charge on any atom is 0.310 e. The highest BCUT2D eigenvalue weighted by Gasteiger charge is 2.26. The average Bonchev–Trinajstić information content (AvgIpc) is 2.86. The summed E-state index contributed by atoms with van der Waals surface area (Å²) in [6, 6.07) is 21.5. The number of ketones is 1. The number of rotatable bonds is 12. The third-order valence-electron chi connectivity index (χ3n) is 5.36. The van der Waals surface area contributed by atoms with E-state index in [9.17, 15) is 24.3 Å². The molecule has 35 heavy (non-hydrogen) atoms. The Balaban J connectivity index is 1.54. The molecule has 182 valence electrons. The van der Waals surface area contributed by atoms with Crippen molar-refractivity contribution in [3.05, 3.63) is 78.4 Å². The van der Waals surface area contributed by atoms with E-state index in [4.69, 9.17) is 4.74 Å². The SMILES string of the molecule is CC(CSc1ccccc1)C(=O)NC(CC(=O)O)C(=O)COC(=O)Cc1cccc2ccccc12. The maximum absolute atomic E-state index is 12.6. The highest BCUT2D eigenvalue weighted by molar-refractivity contribution is 7.99. The standard InChI is InChI=1S/C27H27NO6S/c1-18(17-35-21-11-3-2-4-12-21)27(33)28-23(15-25(30)31)24(29)16-34-26(32)14-20-10-7-9-19-8-5-6-13-22(19)20/h2-13,18,23H,14-17H2,1H3,(H,28,33)(H,30,31). The molecule has 0 heterocycles. The summed E-state index contributed by atoms with van der Waals surface area (Å²) in [5, 5.41) is 13.6. The van der Waals surface area contributed by atoms with Gasteiger partial charge in [-0.25, -0.2) is 0 Å². The molecule has 0 spiro atoms. The van der Waals surface area contributed by atoms with E-state index in [-0.39, 0.29) is 6.42 Å². The molecule has 0 aliphatic rings. The summed E-state index contributed by atoms with van der Waals surface area (Å²) in [7, 11) is 0. The second-order valence-electron chi connectivity index (χ2n) is 8.13. The molecule has 2 atom stereocenters. The summed E-state index contributed by atoms with van der Waals surface area (Å²) < 4.78 is 5.13. The Morgan fingerprint density at radius 3 is 2.37 bits per heavy atom. The number of thioether (sulfide) groups is 1. The van der Waals surface area contributed by atoms with Crippen molar-refractivity contribution in [2.24, 2.45) is 5.92 Å². The Labute approximate surface area is 207 Å². The van der Waals surface area contributed by atoms with Crippen molar-refractivity contribution < 1.29 is 29.0 Å². The number of ether oxygens (including phenoxy) is 1. The van der Waals surface area contributed by atoms with E-state index >= 15 is 0 Å². The minimum atomic E-state index is -1.28. The second kappa shape index (κ2) is 12.7. The van der Waals surface area contributed by atoms with Crippen LogP contribution in [0.5, 0.6) is 0 Å². The van der Waals surface area contributed by atoms with Crippen LogP contribution in [-0.2, 0) is 30.3 Å². The van der Waals surface area contributed by atoms with Crippen LogP contribution in [0.3, 0.4) is 0 Å². The van der Waals surface area contributed by atoms with Gasteiger partial charge in [0.1, 0.15) is 6.04 Å². The number of hydrogen-bond acceptors (Lipinski definition) is 6. The molecule has 2 N–H and O–H groups in total. The van der Waals surface area contributed by atoms with Crippen LogP contribution in [0, 0.1) is 5.92 Å². The van der Waals surface area contributed by atoms with Crippen LogP contribution in [-0.4, -0.2) is 47.1 Å². The van der Waals surface area contributed by atoms with Gasteiger partial charge in [0, 0.05) is 16.6 Å². The van der Waals surface area contributed by atoms with Crippen LogP contribution in [0.25, 0.3) is 10.8 Å². The fourth-order valence-corrected chi connectivity index (χ4v) is 4.40. The maximum atomic E-state index is 12.6. The molecular formula is C27H27NO6S. The zero-order valence-corrected chi connectivity index (χ0v) is 20.1. The number of nitrogens with one attached hydrogen (secondary N) is 1. The van der Waals surface area contributed by atoms with Gasteiger partial charge < -0.3 is 15.2 Å². The number of benzene rings is 3. The lowest BCUT2D eigenvalue weighted by Gasteiger charge is -2.19. The second-order valence-corrected chi connectivity index (χ2v) is 9.22. The third-order valence-corrected chi connectivity index (χ3v) is 6.64. The van der Waals surface area contributed by atoms with E-state index in [1.807, 2.05) is 72.8 Å². The van der Waals surface area contributed by atoms with Gasteiger partial charge in [0.25, 0.3) is 0 Å². The van der Waals surface area contributed by atoms with Crippen LogP contribution in [0.2, 0.25) is 0 Å². The van der Waals surface area contributed by atoms with Crippen molar-refractivity contribution in [3.8, 4) is 0 Å². The van der Waals surface area contributed by atoms with Gasteiger partial charge >= 0.3 is 11.9 Å².